The minimum absolute atomic E-state index is 0.361. The van der Waals surface area contributed by atoms with Crippen LogP contribution in [0.4, 0.5) is 30.6 Å². The molecule has 1 fully saturated rings. The molecule has 3 aromatic rings. The van der Waals surface area contributed by atoms with Gasteiger partial charge in [0.25, 0.3) is 0 Å². The molecule has 1 saturated heterocycles. The number of piperazine rings is 1. The number of nitrogens with one attached hydrogen (secondary N) is 2. The van der Waals surface area contributed by atoms with Crippen LogP contribution in [0.5, 0.6) is 5.75 Å². The molecule has 0 radical (unpaired) electrons. The second kappa shape index (κ2) is 12.2. The molecular weight excluding hydrogens is 565 g/mol. The number of aromatic amines is 1. The Morgan fingerprint density at radius 3 is 2.40 bits per heavy atom. The first kappa shape index (κ1) is 30.0. The molecule has 40 heavy (non-hydrogen) atoms. The van der Waals surface area contributed by atoms with Gasteiger partial charge in [-0.2, -0.15) is 18.3 Å². The van der Waals surface area contributed by atoms with Gasteiger partial charge < -0.3 is 19.9 Å². The zero-order chi connectivity index (χ0) is 29.1. The molecule has 0 amide bonds. The van der Waals surface area contributed by atoms with E-state index in [0.29, 0.717) is 33.3 Å². The zero-order valence-corrected chi connectivity index (χ0v) is 24.4. The quantitative estimate of drug-likeness (QED) is 0.265. The fraction of sp³-hybridized carbons (Fsp3) is 0.440. The second-order valence-corrected chi connectivity index (χ2v) is 12.9. The van der Waals surface area contributed by atoms with Crippen molar-refractivity contribution in [1.82, 2.24) is 30.0 Å². The number of H-pyrrole nitrogens is 1. The minimum atomic E-state index is -4.93. The Labute approximate surface area is 236 Å². The van der Waals surface area contributed by atoms with Crippen molar-refractivity contribution >= 4 is 44.6 Å². The van der Waals surface area contributed by atoms with Gasteiger partial charge in [0, 0.05) is 60.8 Å². The summed E-state index contributed by atoms with van der Waals surface area (Å²) in [7, 11) is 1.22. The summed E-state index contributed by atoms with van der Waals surface area (Å²) in [4.78, 5) is 16.3. The van der Waals surface area contributed by atoms with Crippen LogP contribution in [0.15, 0.2) is 45.3 Å². The molecule has 10 nitrogen and oxygen atoms in total. The van der Waals surface area contributed by atoms with E-state index in [4.69, 9.17) is 9.72 Å². The van der Waals surface area contributed by atoms with Gasteiger partial charge in [-0.15, -0.1) is 0 Å². The molecule has 1 unspecified atom stereocenters. The van der Waals surface area contributed by atoms with E-state index in [1.54, 1.807) is 7.11 Å². The van der Waals surface area contributed by atoms with Crippen molar-refractivity contribution in [2.45, 2.75) is 27.4 Å². The Morgan fingerprint density at radius 2 is 1.85 bits per heavy atom. The maximum absolute atomic E-state index is 13.2. The van der Waals surface area contributed by atoms with E-state index in [0.717, 1.165) is 45.0 Å². The number of benzene rings is 1. The maximum atomic E-state index is 13.2. The van der Waals surface area contributed by atoms with Gasteiger partial charge in [0.05, 0.1) is 16.6 Å². The summed E-state index contributed by atoms with van der Waals surface area (Å²) in [5.74, 6) is 4.94. The largest absolute Gasteiger partial charge is 0.490 e. The topological polar surface area (TPSA) is 103 Å². The third-order valence-electron chi connectivity index (χ3n) is 6.31. The SMILES string of the molecule is C=S(=O)(c1ccc(Sc2nc(Nc3cc(C)[nH]n3)c(OC)c(N3CCN(CCN(C)C)CC3)n2)cc1)C(F)(F)F. The van der Waals surface area contributed by atoms with Gasteiger partial charge in [-0.1, -0.05) is 0 Å². The van der Waals surface area contributed by atoms with Gasteiger partial charge in [-0.05, 0) is 62.9 Å². The van der Waals surface area contributed by atoms with E-state index >= 15 is 0 Å². The van der Waals surface area contributed by atoms with Crippen LogP contribution in [0, 0.1) is 6.92 Å². The summed E-state index contributed by atoms with van der Waals surface area (Å²) < 4.78 is 57.5. The van der Waals surface area contributed by atoms with Crippen molar-refractivity contribution in [3.05, 3.63) is 36.0 Å². The number of hydrogen-bond donors (Lipinski definition) is 2. The Balaban J connectivity index is 1.63. The van der Waals surface area contributed by atoms with Crippen molar-refractivity contribution < 1.29 is 22.1 Å². The Hall–Kier alpha value is -3.01. The number of aromatic nitrogens is 4. The molecule has 1 aliphatic rings. The smallest absolute Gasteiger partial charge is 0.467 e. The van der Waals surface area contributed by atoms with Crippen LogP contribution >= 0.6 is 11.8 Å². The van der Waals surface area contributed by atoms with Crippen LogP contribution in [0.2, 0.25) is 0 Å². The molecule has 1 atom stereocenters. The van der Waals surface area contributed by atoms with Crippen molar-refractivity contribution in [2.75, 3.05) is 70.7 Å². The van der Waals surface area contributed by atoms with Gasteiger partial charge in [0.15, 0.2) is 22.6 Å². The first-order valence-corrected chi connectivity index (χ1v) is 15.0. The van der Waals surface area contributed by atoms with Crippen LogP contribution in [0.3, 0.4) is 0 Å². The lowest BCUT2D eigenvalue weighted by molar-refractivity contribution is -0.0392. The summed E-state index contributed by atoms with van der Waals surface area (Å²) in [6.07, 6.45) is 0. The average molecular weight is 599 g/mol. The summed E-state index contributed by atoms with van der Waals surface area (Å²) in [5, 5.41) is 10.7. The second-order valence-electron chi connectivity index (χ2n) is 9.60. The van der Waals surface area contributed by atoms with E-state index in [-0.39, 0.29) is 4.90 Å². The first-order valence-electron chi connectivity index (χ1n) is 12.5. The van der Waals surface area contributed by atoms with Crippen molar-refractivity contribution in [3.8, 4) is 5.75 Å². The predicted octanol–water partition coefficient (Wildman–Crippen LogP) is 3.69. The molecule has 218 valence electrons. The van der Waals surface area contributed by atoms with Gasteiger partial charge >= 0.3 is 5.51 Å². The fourth-order valence-electron chi connectivity index (χ4n) is 4.05. The third-order valence-corrected chi connectivity index (χ3v) is 8.96. The van der Waals surface area contributed by atoms with Gasteiger partial charge in [0.1, 0.15) is 0 Å². The summed E-state index contributed by atoms with van der Waals surface area (Å²) in [6.45, 7) is 7.00. The van der Waals surface area contributed by atoms with Crippen LogP contribution in [0.25, 0.3) is 0 Å². The minimum Gasteiger partial charge on any atom is -0.490 e. The molecule has 0 bridgehead atoms. The molecule has 1 aliphatic heterocycles. The van der Waals surface area contributed by atoms with E-state index in [2.05, 4.69) is 55.2 Å². The number of halogens is 3. The Morgan fingerprint density at radius 1 is 1.18 bits per heavy atom. The van der Waals surface area contributed by atoms with E-state index in [1.165, 1.54) is 36.0 Å². The number of alkyl halides is 3. The van der Waals surface area contributed by atoms with Crippen LogP contribution in [-0.2, 0) is 9.52 Å². The number of rotatable bonds is 10. The average Bonchev–Trinajstić information content (AvgIpc) is 3.31. The monoisotopic (exact) mass is 598 g/mol. The standard InChI is InChI=1S/C25H33F3N8O2S2/c1-17-16-20(33-32-17)29-22-21(38-4)23(36-14-12-35(13-15-36)11-10-34(2)3)31-24(30-22)39-18-6-8-19(9-7-18)40(5,37)25(26,27)28/h6-9,16H,5,10-15H2,1-4H3,(H2,29,30,31,32,33). The van der Waals surface area contributed by atoms with E-state index < -0.39 is 15.0 Å². The van der Waals surface area contributed by atoms with Crippen LogP contribution in [-0.4, -0.2) is 106 Å². The molecule has 1 aromatic carbocycles. The van der Waals surface area contributed by atoms with Gasteiger partial charge in [0.2, 0.25) is 5.75 Å². The van der Waals surface area contributed by atoms with Crippen molar-refractivity contribution in [1.29, 1.82) is 0 Å². The lowest BCUT2D eigenvalue weighted by Crippen LogP contribution is -2.48. The summed E-state index contributed by atoms with van der Waals surface area (Å²) >= 11 is 1.17. The highest BCUT2D eigenvalue weighted by atomic mass is 32.2. The summed E-state index contributed by atoms with van der Waals surface area (Å²) in [5.41, 5.74) is -4.07. The summed E-state index contributed by atoms with van der Waals surface area (Å²) in [6, 6.07) is 7.09. The molecule has 0 aliphatic carbocycles. The molecule has 0 saturated carbocycles. The number of hydrogen-bond acceptors (Lipinski definition) is 10. The number of aryl methyl sites for hydroxylation is 1. The highest BCUT2D eigenvalue weighted by Crippen LogP contribution is 2.39. The molecule has 0 spiro atoms. The number of ether oxygens (including phenoxy) is 1. The molecule has 15 heteroatoms. The number of nitrogens with zero attached hydrogens (tertiary/aromatic N) is 6. The Bertz CT molecular complexity index is 1400. The molecule has 2 N–H and O–H groups in total. The lowest BCUT2D eigenvalue weighted by atomic mass is 10.3. The number of likely N-dealkylation sites (N-methyl/N-ethyl adjacent to an activating group) is 1. The number of anilines is 3. The zero-order valence-electron chi connectivity index (χ0n) is 22.8. The van der Waals surface area contributed by atoms with Crippen LogP contribution in [0.1, 0.15) is 5.69 Å². The molecule has 4 rings (SSSR count). The third kappa shape index (κ3) is 7.00. The molecule has 3 heterocycles. The van der Waals surface area contributed by atoms with Crippen LogP contribution < -0.4 is 15.0 Å². The molecular formula is C25H33F3N8O2S2. The fourth-order valence-corrected chi connectivity index (χ4v) is 5.64. The first-order chi connectivity index (χ1) is 18.9. The maximum Gasteiger partial charge on any atom is 0.467 e. The van der Waals surface area contributed by atoms with Crippen molar-refractivity contribution in [2.24, 2.45) is 0 Å². The normalized spacial score (nSPS) is 16.2. The van der Waals surface area contributed by atoms with Crippen molar-refractivity contribution in [3.63, 3.8) is 0 Å². The Kier molecular flexibility index (Phi) is 9.17. The van der Waals surface area contributed by atoms with Gasteiger partial charge in [-0.3, -0.25) is 14.2 Å². The highest BCUT2D eigenvalue weighted by Gasteiger charge is 2.40. The van der Waals surface area contributed by atoms with Gasteiger partial charge in [-0.25, -0.2) is 9.97 Å². The lowest BCUT2D eigenvalue weighted by Gasteiger charge is -2.36. The predicted molar refractivity (Wildman–Crippen MR) is 153 cm³/mol. The molecule has 2 aromatic heterocycles. The highest BCUT2D eigenvalue weighted by molar-refractivity contribution is 8.01. The van der Waals surface area contributed by atoms with E-state index in [1.807, 2.05) is 13.0 Å². The van der Waals surface area contributed by atoms with E-state index in [9.17, 15) is 17.4 Å². The number of methoxy groups -OCH3 is 1.